The number of fused-ring (bicyclic) bond motifs is 1. The highest BCUT2D eigenvalue weighted by Gasteiger charge is 2.44. The Hall–Kier alpha value is -3.79. The number of hydrogen-bond donors (Lipinski definition) is 2. The molecule has 0 atom stereocenters. The van der Waals surface area contributed by atoms with E-state index in [-0.39, 0.29) is 13.0 Å². The lowest BCUT2D eigenvalue weighted by Crippen LogP contribution is -2.40. The highest BCUT2D eigenvalue weighted by Crippen LogP contribution is 2.31. The normalized spacial score (nSPS) is 14.9. The lowest BCUT2D eigenvalue weighted by molar-refractivity contribution is -0.147. The van der Waals surface area contributed by atoms with E-state index >= 15 is 0 Å². The maximum Gasteiger partial charge on any atom is 0.325 e. The molecule has 2 N–H and O–H groups in total. The Morgan fingerprint density at radius 2 is 1.88 bits per heavy atom. The third-order valence-corrected chi connectivity index (χ3v) is 6.37. The van der Waals surface area contributed by atoms with Gasteiger partial charge in [0, 0.05) is 17.8 Å². The van der Waals surface area contributed by atoms with Crippen molar-refractivity contribution in [3.63, 3.8) is 0 Å². The fourth-order valence-electron chi connectivity index (χ4n) is 3.49. The molecule has 0 saturated carbocycles. The smallest absolute Gasteiger partial charge is 0.325 e. The quantitative estimate of drug-likeness (QED) is 0.395. The second kappa shape index (κ2) is 9.22. The molecule has 0 unspecified atom stereocenters. The summed E-state index contributed by atoms with van der Waals surface area (Å²) in [6, 6.07) is 12.8. The Bertz CT molecular complexity index is 1280. The number of ether oxygens (including phenoxy) is 1. The second-order valence-electron chi connectivity index (χ2n) is 8.54. The van der Waals surface area contributed by atoms with Crippen molar-refractivity contribution in [2.45, 2.75) is 32.7 Å². The molecule has 4 rings (SSSR count). The van der Waals surface area contributed by atoms with E-state index in [2.05, 4.69) is 21.7 Å². The molecule has 2 heterocycles. The van der Waals surface area contributed by atoms with Gasteiger partial charge in [0.25, 0.3) is 11.8 Å². The van der Waals surface area contributed by atoms with E-state index in [0.29, 0.717) is 5.69 Å². The number of carbonyl (C=O) groups excluding carboxylic acids is 4. The summed E-state index contributed by atoms with van der Waals surface area (Å²) in [5, 5.41) is 6.10. The Morgan fingerprint density at radius 3 is 2.56 bits per heavy atom. The predicted molar refractivity (Wildman–Crippen MR) is 128 cm³/mol. The monoisotopic (exact) mass is 480 g/mol. The maximum absolute atomic E-state index is 12.1. The number of thiazole rings is 1. The standard InChI is InChI=1S/C24H24N4O5S/c1-14-4-9-17-18(12-14)34-21(26-17)15-5-7-16(8-6-15)25-19(29)13-33-20(30)10-11-28-22(31)24(2,3)27-23(28)32/h4-9,12H,10-11,13H2,1-3H3,(H,25,29)(H,27,32). The molecular weight excluding hydrogens is 456 g/mol. The average molecular weight is 481 g/mol. The molecular formula is C24H24N4O5S. The number of aryl methyl sites for hydroxylation is 1. The number of nitrogens with one attached hydrogen (secondary N) is 2. The lowest BCUT2D eigenvalue weighted by Gasteiger charge is -2.15. The molecule has 1 fully saturated rings. The first-order valence-corrected chi connectivity index (χ1v) is 11.5. The molecule has 1 aliphatic rings. The zero-order chi connectivity index (χ0) is 24.5. The Kier molecular flexibility index (Phi) is 6.34. The van der Waals surface area contributed by atoms with E-state index < -0.39 is 36.0 Å². The van der Waals surface area contributed by atoms with Crippen molar-refractivity contribution < 1.29 is 23.9 Å². The molecule has 1 aliphatic heterocycles. The van der Waals surface area contributed by atoms with Crippen molar-refractivity contribution >= 4 is 51.1 Å². The molecule has 3 aromatic rings. The minimum atomic E-state index is -0.998. The van der Waals surface area contributed by atoms with Crippen LogP contribution >= 0.6 is 11.3 Å². The first kappa shape index (κ1) is 23.4. The molecule has 0 bridgehead atoms. The van der Waals surface area contributed by atoms with Crippen molar-refractivity contribution in [2.24, 2.45) is 0 Å². The van der Waals surface area contributed by atoms with Crippen LogP contribution in [0.4, 0.5) is 10.5 Å². The Labute approximate surface area is 200 Å². The average Bonchev–Trinajstić information content (AvgIpc) is 3.28. The fraction of sp³-hybridized carbons (Fsp3) is 0.292. The Morgan fingerprint density at radius 1 is 1.15 bits per heavy atom. The van der Waals surface area contributed by atoms with Crippen LogP contribution in [-0.4, -0.2) is 52.4 Å². The number of urea groups is 1. The number of esters is 1. The van der Waals surface area contributed by atoms with E-state index in [1.807, 2.05) is 31.2 Å². The molecule has 0 spiro atoms. The van der Waals surface area contributed by atoms with Crippen molar-refractivity contribution in [3.8, 4) is 10.6 Å². The summed E-state index contributed by atoms with van der Waals surface area (Å²) < 4.78 is 6.08. The van der Waals surface area contributed by atoms with Gasteiger partial charge in [0.05, 0.1) is 16.6 Å². The zero-order valence-electron chi connectivity index (χ0n) is 19.0. The molecule has 0 radical (unpaired) electrons. The molecule has 4 amide bonds. The summed E-state index contributed by atoms with van der Waals surface area (Å²) in [7, 11) is 0. The number of amides is 4. The molecule has 1 saturated heterocycles. The van der Waals surface area contributed by atoms with Gasteiger partial charge in [-0.1, -0.05) is 6.07 Å². The highest BCUT2D eigenvalue weighted by atomic mass is 32.1. The van der Waals surface area contributed by atoms with E-state index in [0.717, 1.165) is 25.7 Å². The number of benzene rings is 2. The van der Waals surface area contributed by atoms with Crippen molar-refractivity contribution in [1.82, 2.24) is 15.2 Å². The van der Waals surface area contributed by atoms with Crippen LogP contribution in [0.2, 0.25) is 0 Å². The van der Waals surface area contributed by atoms with Gasteiger partial charge in [-0.3, -0.25) is 19.3 Å². The van der Waals surface area contributed by atoms with Gasteiger partial charge >= 0.3 is 12.0 Å². The number of nitrogens with zero attached hydrogens (tertiary/aromatic N) is 2. The Balaban J connectivity index is 1.25. The van der Waals surface area contributed by atoms with E-state index in [1.54, 1.807) is 37.3 Å². The fourth-order valence-corrected chi connectivity index (χ4v) is 4.56. The van der Waals surface area contributed by atoms with Crippen molar-refractivity contribution in [2.75, 3.05) is 18.5 Å². The van der Waals surface area contributed by atoms with E-state index in [4.69, 9.17) is 4.74 Å². The van der Waals surface area contributed by atoms with Gasteiger partial charge in [-0.05, 0) is 62.7 Å². The van der Waals surface area contributed by atoms with E-state index in [1.165, 1.54) is 5.56 Å². The van der Waals surface area contributed by atoms with Gasteiger partial charge in [-0.2, -0.15) is 0 Å². The second-order valence-corrected chi connectivity index (χ2v) is 9.57. The van der Waals surface area contributed by atoms with Crippen LogP contribution in [0.3, 0.4) is 0 Å². The predicted octanol–water partition coefficient (Wildman–Crippen LogP) is 3.47. The van der Waals surface area contributed by atoms with Crippen molar-refractivity contribution in [3.05, 3.63) is 48.0 Å². The largest absolute Gasteiger partial charge is 0.456 e. The minimum Gasteiger partial charge on any atom is -0.456 e. The summed E-state index contributed by atoms with van der Waals surface area (Å²) >= 11 is 1.60. The number of aromatic nitrogens is 1. The molecule has 2 aromatic carbocycles. The van der Waals surface area contributed by atoms with E-state index in [9.17, 15) is 19.2 Å². The third-order valence-electron chi connectivity index (χ3n) is 5.31. The first-order chi connectivity index (χ1) is 16.1. The summed E-state index contributed by atoms with van der Waals surface area (Å²) in [5.74, 6) is -1.58. The van der Waals surface area contributed by atoms with Crippen LogP contribution in [0.25, 0.3) is 20.8 Å². The molecule has 0 aliphatic carbocycles. The summed E-state index contributed by atoms with van der Waals surface area (Å²) in [4.78, 5) is 53.7. The molecule has 10 heteroatoms. The first-order valence-electron chi connectivity index (χ1n) is 10.7. The van der Waals surface area contributed by atoms with Crippen LogP contribution in [0.5, 0.6) is 0 Å². The van der Waals surface area contributed by atoms with Gasteiger partial charge in [-0.25, -0.2) is 9.78 Å². The van der Waals surface area contributed by atoms with Gasteiger partial charge in [-0.15, -0.1) is 11.3 Å². The number of imide groups is 1. The number of rotatable bonds is 7. The molecule has 176 valence electrons. The lowest BCUT2D eigenvalue weighted by atomic mass is 10.1. The van der Waals surface area contributed by atoms with Crippen molar-refractivity contribution in [1.29, 1.82) is 0 Å². The third kappa shape index (κ3) is 5.07. The van der Waals surface area contributed by atoms with Gasteiger partial charge in [0.15, 0.2) is 6.61 Å². The van der Waals surface area contributed by atoms with Gasteiger partial charge in [0.1, 0.15) is 10.5 Å². The maximum atomic E-state index is 12.1. The molecule has 1 aromatic heterocycles. The van der Waals surface area contributed by atoms with Crippen LogP contribution in [0.1, 0.15) is 25.8 Å². The number of anilines is 1. The summed E-state index contributed by atoms with van der Waals surface area (Å²) in [6.07, 6.45) is -0.196. The van der Waals surface area contributed by atoms with Crippen LogP contribution < -0.4 is 10.6 Å². The van der Waals surface area contributed by atoms with Gasteiger partial charge < -0.3 is 15.4 Å². The number of hydrogen-bond acceptors (Lipinski definition) is 7. The molecule has 9 nitrogen and oxygen atoms in total. The van der Waals surface area contributed by atoms with Crippen LogP contribution in [-0.2, 0) is 19.1 Å². The minimum absolute atomic E-state index is 0.110. The van der Waals surface area contributed by atoms with Crippen LogP contribution in [0, 0.1) is 6.92 Å². The SMILES string of the molecule is Cc1ccc2nc(-c3ccc(NC(=O)COC(=O)CCN4C(=O)NC(C)(C)C4=O)cc3)sc2c1. The summed E-state index contributed by atoms with van der Waals surface area (Å²) in [6.45, 7) is 4.64. The molecule has 34 heavy (non-hydrogen) atoms. The summed E-state index contributed by atoms with van der Waals surface area (Å²) in [5.41, 5.74) is 2.63. The van der Waals surface area contributed by atoms with Crippen LogP contribution in [0.15, 0.2) is 42.5 Å². The zero-order valence-corrected chi connectivity index (χ0v) is 19.8. The topological polar surface area (TPSA) is 118 Å². The highest BCUT2D eigenvalue weighted by molar-refractivity contribution is 7.21. The number of carbonyl (C=O) groups is 4. The van der Waals surface area contributed by atoms with Gasteiger partial charge in [0.2, 0.25) is 0 Å².